The summed E-state index contributed by atoms with van der Waals surface area (Å²) in [5.41, 5.74) is 0.0855. The number of aliphatic hydroxyl groups excluding tert-OH is 1. The third-order valence-electron chi connectivity index (χ3n) is 2.09. The summed E-state index contributed by atoms with van der Waals surface area (Å²) in [7, 11) is 0. The molecule has 1 aliphatic rings. The monoisotopic (exact) mass is 144 g/mol. The highest BCUT2D eigenvalue weighted by Crippen LogP contribution is 2.35. The van der Waals surface area contributed by atoms with Crippen LogP contribution in [0.15, 0.2) is 0 Å². The van der Waals surface area contributed by atoms with Crippen molar-refractivity contribution in [3.63, 3.8) is 0 Å². The van der Waals surface area contributed by atoms with Crippen LogP contribution in [-0.2, 0) is 4.74 Å². The molecule has 1 rings (SSSR count). The molecule has 0 saturated carbocycles. The van der Waals surface area contributed by atoms with E-state index in [9.17, 15) is 0 Å². The summed E-state index contributed by atoms with van der Waals surface area (Å²) in [6, 6.07) is 0. The second-order valence-corrected chi connectivity index (χ2v) is 3.33. The van der Waals surface area contributed by atoms with Gasteiger partial charge in [-0.05, 0) is 13.3 Å². The number of ether oxygens (including phenoxy) is 1. The van der Waals surface area contributed by atoms with Gasteiger partial charge in [0, 0.05) is 6.42 Å². The second-order valence-electron chi connectivity index (χ2n) is 3.33. The van der Waals surface area contributed by atoms with Crippen LogP contribution in [-0.4, -0.2) is 23.4 Å². The van der Waals surface area contributed by atoms with Crippen molar-refractivity contribution in [2.75, 3.05) is 6.61 Å². The van der Waals surface area contributed by atoms with Crippen molar-refractivity contribution in [1.82, 2.24) is 0 Å². The first kappa shape index (κ1) is 8.02. The van der Waals surface area contributed by atoms with E-state index in [1.807, 2.05) is 0 Å². The van der Waals surface area contributed by atoms with Crippen LogP contribution in [0.5, 0.6) is 0 Å². The Hall–Kier alpha value is -0.0800. The molecule has 60 valence electrons. The molecule has 2 unspecified atom stereocenters. The molecule has 1 N–H and O–H groups in total. The summed E-state index contributed by atoms with van der Waals surface area (Å²) < 4.78 is 5.47. The average Bonchev–Trinajstić information content (AvgIpc) is 1.83. The number of rotatable bonds is 3. The zero-order chi connectivity index (χ0) is 7.61. The zero-order valence-corrected chi connectivity index (χ0v) is 6.76. The van der Waals surface area contributed by atoms with Crippen LogP contribution in [0.3, 0.4) is 0 Å². The largest absolute Gasteiger partial charge is 0.394 e. The molecule has 0 aromatic carbocycles. The van der Waals surface area contributed by atoms with Crippen LogP contribution >= 0.6 is 0 Å². The second kappa shape index (κ2) is 2.89. The number of hydrogen-bond donors (Lipinski definition) is 1. The van der Waals surface area contributed by atoms with Gasteiger partial charge in [0.2, 0.25) is 0 Å². The highest BCUT2D eigenvalue weighted by Gasteiger charge is 2.39. The molecule has 0 bridgehead atoms. The molecule has 0 aromatic heterocycles. The van der Waals surface area contributed by atoms with Crippen molar-refractivity contribution in [1.29, 1.82) is 0 Å². The van der Waals surface area contributed by atoms with E-state index in [0.29, 0.717) is 0 Å². The fraction of sp³-hybridized carbons (Fsp3) is 1.00. The highest BCUT2D eigenvalue weighted by molar-refractivity contribution is 4.88. The van der Waals surface area contributed by atoms with Crippen LogP contribution < -0.4 is 0 Å². The Morgan fingerprint density at radius 2 is 2.30 bits per heavy atom. The Labute approximate surface area is 62.2 Å². The van der Waals surface area contributed by atoms with Gasteiger partial charge >= 0.3 is 0 Å². The highest BCUT2D eigenvalue weighted by atomic mass is 16.5. The molecular formula is C8H16O2. The first-order chi connectivity index (χ1) is 4.70. The van der Waals surface area contributed by atoms with Crippen LogP contribution in [0.1, 0.15) is 33.1 Å². The average molecular weight is 144 g/mol. The minimum absolute atomic E-state index is 0.0855. The van der Waals surface area contributed by atoms with Gasteiger partial charge in [0.15, 0.2) is 0 Å². The predicted molar refractivity (Wildman–Crippen MR) is 39.9 cm³/mol. The van der Waals surface area contributed by atoms with E-state index < -0.39 is 0 Å². The molecule has 0 aliphatic carbocycles. The van der Waals surface area contributed by atoms with Gasteiger partial charge in [-0.2, -0.15) is 0 Å². The fourth-order valence-corrected chi connectivity index (χ4v) is 1.67. The molecule has 2 heteroatoms. The summed E-state index contributed by atoms with van der Waals surface area (Å²) in [4.78, 5) is 0. The molecule has 1 fully saturated rings. The van der Waals surface area contributed by atoms with Gasteiger partial charge in [-0.3, -0.25) is 0 Å². The first-order valence-electron chi connectivity index (χ1n) is 3.99. The lowest BCUT2D eigenvalue weighted by atomic mass is 9.87. The standard InChI is InChI=1S/C8H16O2/c1-3-4-8(2)5-7(6-9)10-8/h7,9H,3-6H2,1-2H3. The maximum absolute atomic E-state index is 8.66. The summed E-state index contributed by atoms with van der Waals surface area (Å²) in [6.07, 6.45) is 3.42. The van der Waals surface area contributed by atoms with Crippen LogP contribution in [0, 0.1) is 0 Å². The van der Waals surface area contributed by atoms with E-state index in [-0.39, 0.29) is 18.3 Å². The van der Waals surface area contributed by atoms with Gasteiger partial charge in [0.25, 0.3) is 0 Å². The summed E-state index contributed by atoms with van der Waals surface area (Å²) in [6.45, 7) is 4.45. The number of hydrogen-bond acceptors (Lipinski definition) is 2. The lowest BCUT2D eigenvalue weighted by Crippen LogP contribution is -2.49. The van der Waals surface area contributed by atoms with Gasteiger partial charge in [-0.15, -0.1) is 0 Å². The summed E-state index contributed by atoms with van der Waals surface area (Å²) >= 11 is 0. The third-order valence-corrected chi connectivity index (χ3v) is 2.09. The van der Waals surface area contributed by atoms with Crippen LogP contribution in [0.2, 0.25) is 0 Å². The van der Waals surface area contributed by atoms with Gasteiger partial charge in [-0.25, -0.2) is 0 Å². The topological polar surface area (TPSA) is 29.5 Å². The Morgan fingerprint density at radius 1 is 1.70 bits per heavy atom. The lowest BCUT2D eigenvalue weighted by Gasteiger charge is -2.45. The quantitative estimate of drug-likeness (QED) is 0.647. The summed E-state index contributed by atoms with van der Waals surface area (Å²) in [5, 5.41) is 8.66. The molecular weight excluding hydrogens is 128 g/mol. The van der Waals surface area contributed by atoms with Crippen molar-refractivity contribution in [3.05, 3.63) is 0 Å². The molecule has 0 amide bonds. The van der Waals surface area contributed by atoms with Crippen molar-refractivity contribution in [3.8, 4) is 0 Å². The Balaban J connectivity index is 2.20. The van der Waals surface area contributed by atoms with Crippen LogP contribution in [0.25, 0.3) is 0 Å². The van der Waals surface area contributed by atoms with Crippen LogP contribution in [0.4, 0.5) is 0 Å². The van der Waals surface area contributed by atoms with Crippen molar-refractivity contribution < 1.29 is 9.84 Å². The molecule has 0 aromatic rings. The predicted octanol–water partition coefficient (Wildman–Crippen LogP) is 1.33. The minimum Gasteiger partial charge on any atom is -0.394 e. The maximum Gasteiger partial charge on any atom is 0.0840 e. The van der Waals surface area contributed by atoms with Gasteiger partial charge in [-0.1, -0.05) is 13.3 Å². The Morgan fingerprint density at radius 3 is 2.70 bits per heavy atom. The first-order valence-corrected chi connectivity index (χ1v) is 3.99. The Kier molecular flexibility index (Phi) is 2.32. The molecule has 2 atom stereocenters. The third kappa shape index (κ3) is 1.50. The summed E-state index contributed by atoms with van der Waals surface area (Å²) in [5.74, 6) is 0. The smallest absolute Gasteiger partial charge is 0.0840 e. The van der Waals surface area contributed by atoms with E-state index in [0.717, 1.165) is 19.3 Å². The van der Waals surface area contributed by atoms with E-state index in [1.54, 1.807) is 0 Å². The molecule has 1 heterocycles. The van der Waals surface area contributed by atoms with Gasteiger partial charge in [0.1, 0.15) is 0 Å². The van der Waals surface area contributed by atoms with E-state index in [1.165, 1.54) is 0 Å². The lowest BCUT2D eigenvalue weighted by molar-refractivity contribution is -0.210. The van der Waals surface area contributed by atoms with Crippen molar-refractivity contribution in [2.45, 2.75) is 44.8 Å². The minimum atomic E-state index is 0.0855. The van der Waals surface area contributed by atoms with E-state index >= 15 is 0 Å². The van der Waals surface area contributed by atoms with Gasteiger partial charge < -0.3 is 9.84 Å². The molecule has 10 heavy (non-hydrogen) atoms. The molecule has 0 spiro atoms. The molecule has 2 nitrogen and oxygen atoms in total. The fourth-order valence-electron chi connectivity index (χ4n) is 1.67. The van der Waals surface area contributed by atoms with Crippen molar-refractivity contribution in [2.24, 2.45) is 0 Å². The van der Waals surface area contributed by atoms with Crippen molar-refractivity contribution >= 4 is 0 Å². The Bertz CT molecular complexity index is 106. The molecule has 0 radical (unpaired) electrons. The van der Waals surface area contributed by atoms with E-state index in [4.69, 9.17) is 9.84 Å². The molecule has 1 saturated heterocycles. The SMILES string of the molecule is CCCC1(C)CC(CO)O1. The van der Waals surface area contributed by atoms with E-state index in [2.05, 4.69) is 13.8 Å². The number of aliphatic hydroxyl groups is 1. The maximum atomic E-state index is 8.66. The van der Waals surface area contributed by atoms with Gasteiger partial charge in [0.05, 0.1) is 18.3 Å². The zero-order valence-electron chi connectivity index (χ0n) is 6.76. The molecule has 1 aliphatic heterocycles. The normalized spacial score (nSPS) is 39.3.